The topological polar surface area (TPSA) is 306 Å². The highest BCUT2D eigenvalue weighted by molar-refractivity contribution is 6.30. The fourth-order valence-corrected chi connectivity index (χ4v) is 11.3. The maximum absolute atomic E-state index is 12.9. The van der Waals surface area contributed by atoms with Crippen molar-refractivity contribution < 1.29 is 63.0 Å². The highest BCUT2D eigenvalue weighted by Crippen LogP contribution is 2.25. The van der Waals surface area contributed by atoms with Crippen LogP contribution in [0.3, 0.4) is 0 Å². The lowest BCUT2D eigenvalue weighted by atomic mass is 9.79. The molecular formula is C78H146ClN3O13. The molecule has 0 fully saturated rings. The molecule has 8 N–H and O–H groups in total. The Balaban J connectivity index is -0.000000402. The number of carboxylic acid groups (broad SMARTS) is 2. The first-order valence-electron chi connectivity index (χ1n) is 38.6. The van der Waals surface area contributed by atoms with Crippen LogP contribution in [-0.4, -0.2) is 90.8 Å². The Morgan fingerprint density at radius 3 is 0.368 bits per heavy atom. The van der Waals surface area contributed by atoms with E-state index in [1.807, 2.05) is 0 Å². The van der Waals surface area contributed by atoms with Crippen LogP contribution in [0.2, 0.25) is 0 Å². The van der Waals surface area contributed by atoms with Gasteiger partial charge in [0.05, 0.1) is 0 Å². The molecule has 95 heavy (non-hydrogen) atoms. The van der Waals surface area contributed by atoms with E-state index in [1.54, 1.807) is 0 Å². The minimum absolute atomic E-state index is 0. The van der Waals surface area contributed by atoms with Gasteiger partial charge < -0.3 is 27.4 Å². The Hall–Kier alpha value is -3.86. The molecule has 0 unspecified atom stereocenters. The van der Waals surface area contributed by atoms with E-state index >= 15 is 0 Å². The number of carboxylic acids is 2. The Bertz CT molecular complexity index is 1600. The summed E-state index contributed by atoms with van der Waals surface area (Å²) in [6.07, 6.45) is 46.7. The molecule has 0 amide bonds. The minimum Gasteiger partial charge on any atom is -0.481 e. The molecule has 0 aromatic rings. The van der Waals surface area contributed by atoms with Crippen LogP contribution in [0.5, 0.6) is 0 Å². The van der Waals surface area contributed by atoms with Crippen LogP contribution < -0.4 is 17.2 Å². The Kier molecular flexibility index (Phi) is 72.1. The van der Waals surface area contributed by atoms with Crippen molar-refractivity contribution in [2.24, 2.45) is 17.2 Å². The van der Waals surface area contributed by atoms with E-state index in [-0.39, 0.29) is 122 Å². The lowest BCUT2D eigenvalue weighted by Gasteiger charge is -2.25. The summed E-state index contributed by atoms with van der Waals surface area (Å²) in [5.74, 6) is -5.82. The molecule has 558 valence electrons. The number of hydrogen-bond acceptors (Lipinski definition) is 14. The van der Waals surface area contributed by atoms with Gasteiger partial charge in [0, 0.05) is 57.8 Å². The number of Topliss-reactive ketones (excluding diaryl/α,β-unsaturated/α-hetero) is 9. The van der Waals surface area contributed by atoms with E-state index in [9.17, 15) is 52.7 Å². The third kappa shape index (κ3) is 51.0. The summed E-state index contributed by atoms with van der Waals surface area (Å²) in [5.41, 5.74) is 13.2. The normalized spacial score (nSPS) is 11.2. The van der Waals surface area contributed by atoms with Gasteiger partial charge in [0.1, 0.15) is 6.42 Å². The van der Waals surface area contributed by atoms with Crippen LogP contribution in [0, 0.1) is 0 Å². The van der Waals surface area contributed by atoms with Crippen LogP contribution in [0.1, 0.15) is 415 Å². The molecule has 0 aliphatic carbocycles. The maximum atomic E-state index is 12.9. The second kappa shape index (κ2) is 68.7. The van der Waals surface area contributed by atoms with Crippen molar-refractivity contribution in [3.05, 3.63) is 0 Å². The van der Waals surface area contributed by atoms with Crippen molar-refractivity contribution in [2.75, 3.05) is 0 Å². The van der Waals surface area contributed by atoms with E-state index in [0.717, 1.165) is 231 Å². The lowest BCUT2D eigenvalue weighted by Crippen LogP contribution is -2.61. The molecular weight excluding hydrogens is 1220 g/mol. The first kappa shape index (κ1) is 99.8. The smallest absolute Gasteiger partial charge is 0.314 e. The lowest BCUT2D eigenvalue weighted by molar-refractivity contribution is -0.148. The Morgan fingerprint density at radius 1 is 0.200 bits per heavy atom. The van der Waals surface area contributed by atoms with Crippen LogP contribution in [0.4, 0.5) is 0 Å². The van der Waals surface area contributed by atoms with E-state index in [1.165, 1.54) is 0 Å². The van der Waals surface area contributed by atoms with Gasteiger partial charge in [-0.2, -0.15) is 0 Å². The zero-order valence-corrected chi connectivity index (χ0v) is 63.2. The van der Waals surface area contributed by atoms with Gasteiger partial charge in [0.2, 0.25) is 0 Å². The maximum Gasteiger partial charge on any atom is 0.314 e. The second-order valence-corrected chi connectivity index (χ2v) is 26.7. The number of halogens is 1. The molecule has 0 spiro atoms. The quantitative estimate of drug-likeness (QED) is 0.0279. The predicted octanol–water partition coefficient (Wildman–Crippen LogP) is 19.4. The average molecular weight is 1370 g/mol. The van der Waals surface area contributed by atoms with Crippen molar-refractivity contribution in [2.45, 2.75) is 432 Å². The van der Waals surface area contributed by atoms with Crippen molar-refractivity contribution >= 4 is 76.4 Å². The number of ketones is 9. The molecule has 0 aromatic carbocycles. The van der Waals surface area contributed by atoms with Crippen LogP contribution in [0.15, 0.2) is 0 Å². The molecule has 0 aromatic heterocycles. The molecule has 17 heteroatoms. The fourth-order valence-electron chi connectivity index (χ4n) is 11.3. The third-order valence-corrected chi connectivity index (χ3v) is 17.8. The Labute approximate surface area is 585 Å². The van der Waals surface area contributed by atoms with Gasteiger partial charge in [-0.15, -0.1) is 12.4 Å². The zero-order chi connectivity index (χ0) is 71.7. The number of unbranched alkanes of at least 4 members (excludes halogenated alkanes) is 36. The van der Waals surface area contributed by atoms with Crippen molar-refractivity contribution in [1.29, 1.82) is 0 Å². The molecule has 0 atom stereocenters. The summed E-state index contributed by atoms with van der Waals surface area (Å²) < 4.78 is 0. The highest BCUT2D eigenvalue weighted by atomic mass is 35.5. The first-order valence-corrected chi connectivity index (χ1v) is 38.6. The van der Waals surface area contributed by atoms with Gasteiger partial charge in [-0.05, 0) is 57.8 Å². The zero-order valence-electron chi connectivity index (χ0n) is 62.4. The summed E-state index contributed by atoms with van der Waals surface area (Å²) in [6.45, 7) is 19.3. The summed E-state index contributed by atoms with van der Waals surface area (Å²) >= 11 is 0. The monoisotopic (exact) mass is 1370 g/mol. The molecule has 0 rings (SSSR count). The van der Waals surface area contributed by atoms with Gasteiger partial charge in [-0.1, -0.05) is 293 Å². The van der Waals surface area contributed by atoms with Gasteiger partial charge in [-0.3, -0.25) is 52.7 Å². The van der Waals surface area contributed by atoms with Crippen LogP contribution >= 0.6 is 12.4 Å². The number of carbonyl (C=O) groups is 11. The highest BCUT2D eigenvalue weighted by Gasteiger charge is 2.48. The van der Waals surface area contributed by atoms with Crippen LogP contribution in [-0.2, 0) is 52.7 Å². The molecule has 16 nitrogen and oxygen atoms in total. The van der Waals surface area contributed by atoms with E-state index in [2.05, 4.69) is 62.3 Å². The minimum atomic E-state index is -1.90. The summed E-state index contributed by atoms with van der Waals surface area (Å²) in [6, 6.07) is 0. The van der Waals surface area contributed by atoms with Crippen LogP contribution in [0.25, 0.3) is 0 Å². The first-order chi connectivity index (χ1) is 45.0. The molecule has 0 aliphatic heterocycles. The van der Waals surface area contributed by atoms with E-state index in [0.29, 0.717) is 57.8 Å². The molecule has 0 saturated heterocycles. The molecule has 0 heterocycles. The Morgan fingerprint density at radius 2 is 0.295 bits per heavy atom. The SMILES string of the molecule is CCCCCCCC(=O)C(N)(C(=O)CCCCCCC)C(=O)CCCCCCC.CCCCCCCC(=O)C(N)(C(=O)CCCCCCC)C(=O)CCCCCCC.CCCCCCCC(=O)C(N)(C(=O)CCCCCCC)C(=O)CCCCCCC.Cl.O=C(O)CC(=O)O. The van der Waals surface area contributed by atoms with E-state index in [4.69, 9.17) is 27.4 Å². The summed E-state index contributed by atoms with van der Waals surface area (Å²) in [7, 11) is 0. The number of rotatable bonds is 65. The van der Waals surface area contributed by atoms with E-state index < -0.39 is 35.0 Å². The molecule has 0 aliphatic rings. The fraction of sp³-hybridized carbons (Fsp3) is 0.859. The molecule has 0 bridgehead atoms. The van der Waals surface area contributed by atoms with Crippen molar-refractivity contribution in [3.8, 4) is 0 Å². The largest absolute Gasteiger partial charge is 0.481 e. The van der Waals surface area contributed by atoms with Gasteiger partial charge in [-0.25, -0.2) is 0 Å². The number of hydrogen-bond donors (Lipinski definition) is 5. The molecule has 0 radical (unpaired) electrons. The summed E-state index contributed by atoms with van der Waals surface area (Å²) in [4.78, 5) is 135. The second-order valence-electron chi connectivity index (χ2n) is 26.7. The standard InChI is InChI=1S/3C25H47NO3.C3H4O4.ClH/c3*1-4-7-10-13-16-19-22(27)25(26,23(28)20-17-14-11-8-5-2)24(29)21-18-15-12-9-6-3;4-2(5)1-3(6)7;/h3*4-21,26H2,1-3H3;1H2,(H,4,5)(H,6,7);1H. The average Bonchev–Trinajstić information content (AvgIpc) is 0.830. The van der Waals surface area contributed by atoms with Crippen molar-refractivity contribution in [1.82, 2.24) is 0 Å². The molecule has 0 saturated carbocycles. The number of aliphatic carboxylic acids is 2. The summed E-state index contributed by atoms with van der Waals surface area (Å²) in [5, 5.41) is 15.4. The number of carbonyl (C=O) groups excluding carboxylic acids is 9. The number of nitrogens with two attached hydrogens (primary N) is 3. The van der Waals surface area contributed by atoms with Gasteiger partial charge in [0.25, 0.3) is 0 Å². The van der Waals surface area contributed by atoms with Gasteiger partial charge >= 0.3 is 11.9 Å². The third-order valence-electron chi connectivity index (χ3n) is 17.8. The predicted molar refractivity (Wildman–Crippen MR) is 393 cm³/mol. The van der Waals surface area contributed by atoms with Crippen molar-refractivity contribution in [3.63, 3.8) is 0 Å². The van der Waals surface area contributed by atoms with Gasteiger partial charge in [0.15, 0.2) is 68.7 Å².